The van der Waals surface area contributed by atoms with Crippen molar-refractivity contribution >= 4 is 5.91 Å². The molecule has 3 nitrogen and oxygen atoms in total. The predicted octanol–water partition coefficient (Wildman–Crippen LogP) is 2.71. The minimum absolute atomic E-state index is 0.100. The maximum absolute atomic E-state index is 11.8. The van der Waals surface area contributed by atoms with E-state index in [0.29, 0.717) is 5.41 Å². The number of carbonyl (C=O) groups is 1. The van der Waals surface area contributed by atoms with Crippen molar-refractivity contribution < 1.29 is 4.79 Å². The first-order chi connectivity index (χ1) is 7.76. The Bertz CT molecular complexity index is 221. The van der Waals surface area contributed by atoms with Crippen molar-refractivity contribution in [1.82, 2.24) is 10.6 Å². The Labute approximate surface area is 107 Å². The quantitative estimate of drug-likeness (QED) is 0.720. The Morgan fingerprint density at radius 1 is 1.24 bits per heavy atom. The second-order valence-electron chi connectivity index (χ2n) is 6.18. The van der Waals surface area contributed by atoms with E-state index < -0.39 is 0 Å². The highest BCUT2D eigenvalue weighted by atomic mass is 16.2. The fourth-order valence-electron chi connectivity index (χ4n) is 1.63. The predicted molar refractivity (Wildman–Crippen MR) is 74.0 cm³/mol. The van der Waals surface area contributed by atoms with E-state index in [1.165, 1.54) is 0 Å². The lowest BCUT2D eigenvalue weighted by atomic mass is 9.92. The summed E-state index contributed by atoms with van der Waals surface area (Å²) in [5.41, 5.74) is 0.318. The lowest BCUT2D eigenvalue weighted by molar-refractivity contribution is -0.123. The number of rotatable bonds is 7. The summed E-state index contributed by atoms with van der Waals surface area (Å²) >= 11 is 0. The van der Waals surface area contributed by atoms with Crippen LogP contribution in [0.3, 0.4) is 0 Å². The minimum Gasteiger partial charge on any atom is -0.352 e. The highest BCUT2D eigenvalue weighted by molar-refractivity contribution is 5.81. The molecule has 0 aliphatic carbocycles. The van der Waals surface area contributed by atoms with Gasteiger partial charge in [0.2, 0.25) is 5.91 Å². The molecular weight excluding hydrogens is 212 g/mol. The van der Waals surface area contributed by atoms with Crippen LogP contribution in [0.4, 0.5) is 0 Å². The molecule has 0 heterocycles. The third kappa shape index (κ3) is 9.16. The fraction of sp³-hybridized carbons (Fsp3) is 0.929. The summed E-state index contributed by atoms with van der Waals surface area (Å²) in [6.45, 7) is 13.6. The van der Waals surface area contributed by atoms with Crippen molar-refractivity contribution in [3.63, 3.8) is 0 Å². The van der Waals surface area contributed by atoms with E-state index >= 15 is 0 Å². The lowest BCUT2D eigenvalue weighted by Gasteiger charge is -2.21. The van der Waals surface area contributed by atoms with Gasteiger partial charge in [-0.2, -0.15) is 0 Å². The summed E-state index contributed by atoms with van der Waals surface area (Å²) in [6, 6.07) is 0.177. The standard InChI is InChI=1S/C14H30N2O/c1-7-8-11(2)16-13(17)12(3)15-10-9-14(4,5)6/h11-12,15H,7-10H2,1-6H3,(H,16,17). The molecule has 0 bridgehead atoms. The Balaban J connectivity index is 3.82. The van der Waals surface area contributed by atoms with Crippen LogP contribution in [0.25, 0.3) is 0 Å². The molecule has 0 aliphatic heterocycles. The van der Waals surface area contributed by atoms with Gasteiger partial charge in [0.05, 0.1) is 6.04 Å². The molecule has 0 aromatic heterocycles. The molecule has 17 heavy (non-hydrogen) atoms. The third-order valence-corrected chi connectivity index (χ3v) is 2.83. The molecule has 2 N–H and O–H groups in total. The van der Waals surface area contributed by atoms with Gasteiger partial charge < -0.3 is 10.6 Å². The summed E-state index contributed by atoms with van der Waals surface area (Å²) in [4.78, 5) is 11.8. The van der Waals surface area contributed by atoms with Gasteiger partial charge in [-0.25, -0.2) is 0 Å². The highest BCUT2D eigenvalue weighted by Crippen LogP contribution is 2.16. The van der Waals surface area contributed by atoms with Crippen molar-refractivity contribution in [3.8, 4) is 0 Å². The largest absolute Gasteiger partial charge is 0.352 e. The molecular formula is C14H30N2O. The number of hydrogen-bond donors (Lipinski definition) is 2. The highest BCUT2D eigenvalue weighted by Gasteiger charge is 2.15. The zero-order valence-electron chi connectivity index (χ0n) is 12.4. The number of amides is 1. The minimum atomic E-state index is -0.100. The van der Waals surface area contributed by atoms with Crippen molar-refractivity contribution in [1.29, 1.82) is 0 Å². The van der Waals surface area contributed by atoms with Crippen LogP contribution in [-0.4, -0.2) is 24.5 Å². The molecule has 0 aliphatic rings. The summed E-state index contributed by atoms with van der Waals surface area (Å²) in [5, 5.41) is 6.30. The number of nitrogens with one attached hydrogen (secondary N) is 2. The van der Waals surface area contributed by atoms with Gasteiger partial charge in [-0.1, -0.05) is 34.1 Å². The van der Waals surface area contributed by atoms with Gasteiger partial charge in [0.15, 0.2) is 0 Å². The van der Waals surface area contributed by atoms with Crippen molar-refractivity contribution in [3.05, 3.63) is 0 Å². The van der Waals surface area contributed by atoms with Crippen LogP contribution in [-0.2, 0) is 4.79 Å². The maximum atomic E-state index is 11.8. The molecule has 3 heteroatoms. The first kappa shape index (κ1) is 16.4. The van der Waals surface area contributed by atoms with Crippen LogP contribution in [0.15, 0.2) is 0 Å². The summed E-state index contributed by atoms with van der Waals surface area (Å²) in [6.07, 6.45) is 3.23. The van der Waals surface area contributed by atoms with E-state index in [-0.39, 0.29) is 18.0 Å². The maximum Gasteiger partial charge on any atom is 0.237 e. The molecule has 2 atom stereocenters. The molecule has 102 valence electrons. The van der Waals surface area contributed by atoms with Crippen LogP contribution in [0, 0.1) is 5.41 Å². The zero-order chi connectivity index (χ0) is 13.5. The smallest absolute Gasteiger partial charge is 0.237 e. The molecule has 0 saturated carbocycles. The molecule has 0 rings (SSSR count). The molecule has 0 saturated heterocycles. The van der Waals surface area contributed by atoms with E-state index in [0.717, 1.165) is 25.8 Å². The van der Waals surface area contributed by atoms with Crippen molar-refractivity contribution in [2.24, 2.45) is 5.41 Å². The molecule has 0 aromatic carbocycles. The molecule has 1 amide bonds. The Morgan fingerprint density at radius 3 is 2.29 bits per heavy atom. The molecule has 2 unspecified atom stereocenters. The van der Waals surface area contributed by atoms with Crippen molar-refractivity contribution in [2.45, 2.75) is 72.9 Å². The Kier molecular flexibility index (Phi) is 7.44. The van der Waals surface area contributed by atoms with Gasteiger partial charge in [-0.3, -0.25) is 4.79 Å². The second-order valence-corrected chi connectivity index (χ2v) is 6.18. The van der Waals surface area contributed by atoms with Gasteiger partial charge in [0.25, 0.3) is 0 Å². The van der Waals surface area contributed by atoms with Gasteiger partial charge in [0.1, 0.15) is 0 Å². The van der Waals surface area contributed by atoms with Crippen LogP contribution < -0.4 is 10.6 Å². The number of hydrogen-bond acceptors (Lipinski definition) is 2. The number of carbonyl (C=O) groups excluding carboxylic acids is 1. The van der Waals surface area contributed by atoms with E-state index in [1.807, 2.05) is 6.92 Å². The summed E-state index contributed by atoms with van der Waals surface area (Å²) in [7, 11) is 0. The average Bonchev–Trinajstić information content (AvgIpc) is 2.15. The Hall–Kier alpha value is -0.570. The SMILES string of the molecule is CCCC(C)NC(=O)C(C)NCCC(C)(C)C. The first-order valence-electron chi connectivity index (χ1n) is 6.80. The zero-order valence-corrected chi connectivity index (χ0v) is 12.4. The topological polar surface area (TPSA) is 41.1 Å². The van der Waals surface area contributed by atoms with Crippen LogP contribution in [0.5, 0.6) is 0 Å². The third-order valence-electron chi connectivity index (χ3n) is 2.83. The summed E-state index contributed by atoms with van der Waals surface area (Å²) in [5.74, 6) is 0.111. The molecule has 0 spiro atoms. The van der Waals surface area contributed by atoms with E-state index in [1.54, 1.807) is 0 Å². The first-order valence-corrected chi connectivity index (χ1v) is 6.80. The van der Waals surface area contributed by atoms with Gasteiger partial charge in [-0.15, -0.1) is 0 Å². The normalized spacial score (nSPS) is 15.4. The van der Waals surface area contributed by atoms with E-state index in [2.05, 4.69) is 45.3 Å². The molecule has 0 fully saturated rings. The van der Waals surface area contributed by atoms with E-state index in [4.69, 9.17) is 0 Å². The average molecular weight is 242 g/mol. The van der Waals surface area contributed by atoms with Gasteiger partial charge in [-0.05, 0) is 38.6 Å². The molecule has 0 aromatic rings. The van der Waals surface area contributed by atoms with Crippen LogP contribution in [0.1, 0.15) is 60.8 Å². The molecule has 0 radical (unpaired) electrons. The van der Waals surface area contributed by atoms with Gasteiger partial charge in [0, 0.05) is 6.04 Å². The van der Waals surface area contributed by atoms with E-state index in [9.17, 15) is 4.79 Å². The van der Waals surface area contributed by atoms with Crippen LogP contribution >= 0.6 is 0 Å². The monoisotopic (exact) mass is 242 g/mol. The van der Waals surface area contributed by atoms with Crippen molar-refractivity contribution in [2.75, 3.05) is 6.54 Å². The fourth-order valence-corrected chi connectivity index (χ4v) is 1.63. The lowest BCUT2D eigenvalue weighted by Crippen LogP contribution is -2.46. The van der Waals surface area contributed by atoms with Gasteiger partial charge >= 0.3 is 0 Å². The second kappa shape index (κ2) is 7.70. The Morgan fingerprint density at radius 2 is 1.82 bits per heavy atom. The summed E-state index contributed by atoms with van der Waals surface area (Å²) < 4.78 is 0. The van der Waals surface area contributed by atoms with Crippen LogP contribution in [0.2, 0.25) is 0 Å².